The largest absolute Gasteiger partial charge is 0.330 e. The van der Waals surface area contributed by atoms with Crippen LogP contribution in [0.15, 0.2) is 18.2 Å². The third kappa shape index (κ3) is 1.83. The van der Waals surface area contributed by atoms with Gasteiger partial charge >= 0.3 is 0 Å². The zero-order valence-electron chi connectivity index (χ0n) is 10.7. The van der Waals surface area contributed by atoms with Gasteiger partial charge in [-0.1, -0.05) is 31.4 Å². The third-order valence-electron chi connectivity index (χ3n) is 4.54. The summed E-state index contributed by atoms with van der Waals surface area (Å²) in [7, 11) is 0. The summed E-state index contributed by atoms with van der Waals surface area (Å²) in [6.07, 6.45) is 6.75. The maximum Gasteiger partial charge on any atom is 0.228 e. The lowest BCUT2D eigenvalue weighted by atomic mass is 9.69. The molecular weight excluding hydrogens is 224 g/mol. The lowest BCUT2D eigenvalue weighted by Gasteiger charge is -2.37. The summed E-state index contributed by atoms with van der Waals surface area (Å²) in [6.45, 7) is 0.715. The van der Waals surface area contributed by atoms with Gasteiger partial charge in [-0.3, -0.25) is 4.79 Å². The Labute approximate surface area is 108 Å². The van der Waals surface area contributed by atoms with Crippen molar-refractivity contribution in [1.29, 1.82) is 0 Å². The Morgan fingerprint density at radius 1 is 1.22 bits per heavy atom. The minimum Gasteiger partial charge on any atom is -0.330 e. The molecule has 1 heterocycles. The van der Waals surface area contributed by atoms with E-state index >= 15 is 0 Å². The molecule has 0 atom stereocenters. The fourth-order valence-corrected chi connectivity index (χ4v) is 3.40. The van der Waals surface area contributed by atoms with Crippen LogP contribution in [0.4, 0.5) is 5.69 Å². The van der Waals surface area contributed by atoms with E-state index in [0.717, 1.165) is 11.3 Å². The molecule has 1 amide bonds. The first-order valence-corrected chi connectivity index (χ1v) is 6.87. The number of hydrogen-bond acceptors (Lipinski definition) is 2. The summed E-state index contributed by atoms with van der Waals surface area (Å²) in [5.41, 5.74) is 9.66. The molecule has 3 nitrogen and oxygen atoms in total. The van der Waals surface area contributed by atoms with Gasteiger partial charge in [0.2, 0.25) is 5.91 Å². The molecule has 0 bridgehead atoms. The molecule has 3 N–H and O–H groups in total. The lowest BCUT2D eigenvalue weighted by Crippen LogP contribution is -2.37. The molecule has 1 saturated carbocycles. The van der Waals surface area contributed by atoms with Gasteiger partial charge in [-0.25, -0.2) is 0 Å². The minimum absolute atomic E-state index is 0.104. The molecule has 1 aliphatic heterocycles. The Hall–Kier alpha value is -1.35. The van der Waals surface area contributed by atoms with Crippen LogP contribution in [0, 0.1) is 0 Å². The average Bonchev–Trinajstić information content (AvgIpc) is 2.78. The van der Waals surface area contributed by atoms with Crippen LogP contribution in [0.1, 0.15) is 43.2 Å². The monoisotopic (exact) mass is 244 g/mol. The van der Waals surface area contributed by atoms with E-state index in [-0.39, 0.29) is 11.3 Å². The van der Waals surface area contributed by atoms with Gasteiger partial charge in [0.15, 0.2) is 0 Å². The van der Waals surface area contributed by atoms with Crippen molar-refractivity contribution < 1.29 is 4.79 Å². The van der Waals surface area contributed by atoms with Crippen LogP contribution in [0.2, 0.25) is 0 Å². The highest BCUT2D eigenvalue weighted by Gasteiger charge is 2.33. The highest BCUT2D eigenvalue weighted by Crippen LogP contribution is 2.40. The summed E-state index contributed by atoms with van der Waals surface area (Å²) in [5, 5.41) is 2.89. The van der Waals surface area contributed by atoms with E-state index in [9.17, 15) is 4.79 Å². The summed E-state index contributed by atoms with van der Waals surface area (Å²) in [5.74, 6) is 0.104. The number of benzene rings is 1. The van der Waals surface area contributed by atoms with E-state index in [2.05, 4.69) is 17.4 Å². The van der Waals surface area contributed by atoms with Gasteiger partial charge in [0, 0.05) is 17.6 Å². The molecule has 0 aromatic heterocycles. The minimum atomic E-state index is 0.104. The van der Waals surface area contributed by atoms with E-state index in [1.807, 2.05) is 6.07 Å². The second-order valence-electron chi connectivity index (χ2n) is 5.64. The highest BCUT2D eigenvalue weighted by molar-refractivity contribution is 5.99. The van der Waals surface area contributed by atoms with Crippen molar-refractivity contribution in [3.63, 3.8) is 0 Å². The Balaban J connectivity index is 1.96. The molecule has 1 fully saturated rings. The summed E-state index contributed by atoms with van der Waals surface area (Å²) < 4.78 is 0. The Morgan fingerprint density at radius 2 is 2.00 bits per heavy atom. The molecule has 1 aromatic rings. The van der Waals surface area contributed by atoms with Gasteiger partial charge in [0.05, 0.1) is 6.42 Å². The summed E-state index contributed by atoms with van der Waals surface area (Å²) in [4.78, 5) is 11.4. The van der Waals surface area contributed by atoms with Crippen LogP contribution in [-0.4, -0.2) is 12.5 Å². The fourth-order valence-electron chi connectivity index (χ4n) is 3.40. The number of anilines is 1. The Kier molecular flexibility index (Phi) is 2.86. The SMILES string of the molecule is NCC1(c2ccc3c(c2)CC(=O)N3)CCCCC1. The topological polar surface area (TPSA) is 55.1 Å². The molecule has 1 aromatic carbocycles. The molecule has 1 aliphatic carbocycles. The van der Waals surface area contributed by atoms with Crippen LogP contribution in [-0.2, 0) is 16.6 Å². The smallest absolute Gasteiger partial charge is 0.228 e. The lowest BCUT2D eigenvalue weighted by molar-refractivity contribution is -0.115. The van der Waals surface area contributed by atoms with E-state index in [4.69, 9.17) is 5.73 Å². The normalized spacial score (nSPS) is 21.5. The van der Waals surface area contributed by atoms with E-state index in [1.54, 1.807) is 0 Å². The van der Waals surface area contributed by atoms with Crippen molar-refractivity contribution in [3.8, 4) is 0 Å². The Morgan fingerprint density at radius 3 is 2.72 bits per heavy atom. The zero-order valence-corrected chi connectivity index (χ0v) is 10.7. The van der Waals surface area contributed by atoms with Crippen molar-refractivity contribution in [3.05, 3.63) is 29.3 Å². The number of nitrogens with two attached hydrogens (primary N) is 1. The van der Waals surface area contributed by atoms with Gasteiger partial charge in [-0.2, -0.15) is 0 Å². The van der Waals surface area contributed by atoms with Crippen molar-refractivity contribution in [2.75, 3.05) is 11.9 Å². The number of rotatable bonds is 2. The Bertz CT molecular complexity index is 475. The van der Waals surface area contributed by atoms with Crippen LogP contribution >= 0.6 is 0 Å². The first-order chi connectivity index (χ1) is 8.73. The number of hydrogen-bond donors (Lipinski definition) is 2. The molecule has 0 saturated heterocycles. The predicted octanol–water partition coefficient (Wildman–Crippen LogP) is 2.34. The van der Waals surface area contributed by atoms with Crippen molar-refractivity contribution in [2.45, 2.75) is 43.9 Å². The molecule has 2 aliphatic rings. The van der Waals surface area contributed by atoms with Crippen LogP contribution in [0.3, 0.4) is 0 Å². The van der Waals surface area contributed by atoms with Crippen molar-refractivity contribution in [1.82, 2.24) is 0 Å². The molecule has 0 radical (unpaired) electrons. The van der Waals surface area contributed by atoms with E-state index in [1.165, 1.54) is 37.7 Å². The number of nitrogens with one attached hydrogen (secondary N) is 1. The fraction of sp³-hybridized carbons (Fsp3) is 0.533. The van der Waals surface area contributed by atoms with Crippen molar-refractivity contribution in [2.24, 2.45) is 5.73 Å². The zero-order chi connectivity index (χ0) is 12.6. The van der Waals surface area contributed by atoms with E-state index in [0.29, 0.717) is 13.0 Å². The van der Waals surface area contributed by atoms with Gasteiger partial charge in [-0.05, 0) is 30.0 Å². The number of amides is 1. The number of fused-ring (bicyclic) bond motifs is 1. The van der Waals surface area contributed by atoms with Gasteiger partial charge in [0.1, 0.15) is 0 Å². The summed E-state index contributed by atoms with van der Waals surface area (Å²) >= 11 is 0. The third-order valence-corrected chi connectivity index (χ3v) is 4.54. The first kappa shape index (κ1) is 11.7. The van der Waals surface area contributed by atoms with E-state index < -0.39 is 0 Å². The molecule has 3 rings (SSSR count). The molecule has 0 spiro atoms. The van der Waals surface area contributed by atoms with Gasteiger partial charge in [0.25, 0.3) is 0 Å². The number of carbonyl (C=O) groups excluding carboxylic acids is 1. The second-order valence-corrected chi connectivity index (χ2v) is 5.64. The van der Waals surface area contributed by atoms with Crippen LogP contribution in [0.25, 0.3) is 0 Å². The highest BCUT2D eigenvalue weighted by atomic mass is 16.1. The quantitative estimate of drug-likeness (QED) is 0.839. The second kappa shape index (κ2) is 4.39. The van der Waals surface area contributed by atoms with Gasteiger partial charge in [-0.15, -0.1) is 0 Å². The molecular formula is C15H20N2O. The first-order valence-electron chi connectivity index (χ1n) is 6.87. The van der Waals surface area contributed by atoms with Crippen LogP contribution in [0.5, 0.6) is 0 Å². The number of carbonyl (C=O) groups is 1. The maximum atomic E-state index is 11.4. The molecule has 3 heteroatoms. The average molecular weight is 244 g/mol. The maximum absolute atomic E-state index is 11.4. The predicted molar refractivity (Wildman–Crippen MR) is 72.6 cm³/mol. The molecule has 96 valence electrons. The molecule has 0 unspecified atom stereocenters. The standard InChI is InChI=1S/C15H20N2O/c16-10-15(6-2-1-3-7-15)12-4-5-13-11(8-12)9-14(18)17-13/h4-5,8H,1-3,6-7,9-10,16H2,(H,17,18). The molecule has 18 heavy (non-hydrogen) atoms. The van der Waals surface area contributed by atoms with Crippen molar-refractivity contribution >= 4 is 11.6 Å². The summed E-state index contributed by atoms with van der Waals surface area (Å²) in [6, 6.07) is 6.40. The van der Waals surface area contributed by atoms with Gasteiger partial charge < -0.3 is 11.1 Å². The van der Waals surface area contributed by atoms with Crippen LogP contribution < -0.4 is 11.1 Å².